The van der Waals surface area contributed by atoms with E-state index in [0.29, 0.717) is 12.5 Å². The van der Waals surface area contributed by atoms with Crippen LogP contribution in [0.5, 0.6) is 0 Å². The second kappa shape index (κ2) is 5.29. The minimum absolute atomic E-state index is 0.115. The first-order chi connectivity index (χ1) is 7.04. The van der Waals surface area contributed by atoms with E-state index < -0.39 is 0 Å². The van der Waals surface area contributed by atoms with Gasteiger partial charge in [0.25, 0.3) is 0 Å². The van der Waals surface area contributed by atoms with E-state index >= 15 is 0 Å². The molecule has 0 fully saturated rings. The fraction of sp³-hybridized carbons (Fsp3) is 0.538. The second-order valence-corrected chi connectivity index (χ2v) is 4.54. The summed E-state index contributed by atoms with van der Waals surface area (Å²) in [7, 11) is 0. The molecule has 1 aromatic rings. The highest BCUT2D eigenvalue weighted by atomic mass is 14.6. The standard InChI is InChI=1S/C13H22N2/c1-9-4-5-12(11(3)6-9)13(15)7-10(2)8-14/h4-6,10,13H,7-8,14-15H2,1-3H3. The van der Waals surface area contributed by atoms with Crippen molar-refractivity contribution in [2.24, 2.45) is 17.4 Å². The Kier molecular flexibility index (Phi) is 4.30. The van der Waals surface area contributed by atoms with Crippen molar-refractivity contribution < 1.29 is 0 Å². The van der Waals surface area contributed by atoms with Crippen molar-refractivity contribution in [2.75, 3.05) is 6.54 Å². The summed E-state index contributed by atoms with van der Waals surface area (Å²) in [6.45, 7) is 7.07. The van der Waals surface area contributed by atoms with Crippen molar-refractivity contribution in [1.29, 1.82) is 0 Å². The lowest BCUT2D eigenvalue weighted by Gasteiger charge is -2.18. The van der Waals surface area contributed by atoms with Gasteiger partial charge in [0.15, 0.2) is 0 Å². The number of hydrogen-bond donors (Lipinski definition) is 2. The van der Waals surface area contributed by atoms with E-state index in [4.69, 9.17) is 11.5 Å². The Balaban J connectivity index is 2.77. The van der Waals surface area contributed by atoms with Crippen LogP contribution < -0.4 is 11.5 Å². The van der Waals surface area contributed by atoms with E-state index in [1.165, 1.54) is 16.7 Å². The van der Waals surface area contributed by atoms with Gasteiger partial charge in [-0.25, -0.2) is 0 Å². The van der Waals surface area contributed by atoms with Crippen molar-refractivity contribution in [3.63, 3.8) is 0 Å². The van der Waals surface area contributed by atoms with E-state index in [1.807, 2.05) is 0 Å². The van der Waals surface area contributed by atoms with Crippen LogP contribution in [0, 0.1) is 19.8 Å². The Labute approximate surface area is 92.7 Å². The number of nitrogens with two attached hydrogens (primary N) is 2. The highest BCUT2D eigenvalue weighted by molar-refractivity contribution is 5.32. The SMILES string of the molecule is Cc1ccc(C(N)CC(C)CN)c(C)c1. The first-order valence-electron chi connectivity index (χ1n) is 5.57. The van der Waals surface area contributed by atoms with E-state index in [0.717, 1.165) is 6.42 Å². The van der Waals surface area contributed by atoms with Crippen molar-refractivity contribution in [3.8, 4) is 0 Å². The van der Waals surface area contributed by atoms with Crippen LogP contribution in [0.15, 0.2) is 18.2 Å². The molecule has 0 aliphatic heterocycles. The lowest BCUT2D eigenvalue weighted by atomic mass is 9.93. The van der Waals surface area contributed by atoms with Gasteiger partial charge >= 0.3 is 0 Å². The van der Waals surface area contributed by atoms with Crippen LogP contribution in [0.1, 0.15) is 36.1 Å². The average Bonchev–Trinajstić information content (AvgIpc) is 2.17. The first-order valence-corrected chi connectivity index (χ1v) is 5.57. The minimum Gasteiger partial charge on any atom is -0.330 e. The molecular formula is C13H22N2. The smallest absolute Gasteiger partial charge is 0.0300 e. The van der Waals surface area contributed by atoms with Gasteiger partial charge in [-0.1, -0.05) is 30.7 Å². The largest absolute Gasteiger partial charge is 0.330 e. The third kappa shape index (κ3) is 3.33. The van der Waals surface area contributed by atoms with Gasteiger partial charge < -0.3 is 11.5 Å². The molecule has 2 nitrogen and oxygen atoms in total. The minimum atomic E-state index is 0.115. The average molecular weight is 206 g/mol. The topological polar surface area (TPSA) is 52.0 Å². The summed E-state index contributed by atoms with van der Waals surface area (Å²) in [6, 6.07) is 6.56. The number of rotatable bonds is 4. The van der Waals surface area contributed by atoms with E-state index in [-0.39, 0.29) is 6.04 Å². The molecule has 0 saturated heterocycles. The van der Waals surface area contributed by atoms with Crippen molar-refractivity contribution >= 4 is 0 Å². The molecule has 0 heterocycles. The van der Waals surface area contributed by atoms with Gasteiger partial charge in [0, 0.05) is 6.04 Å². The van der Waals surface area contributed by atoms with Crippen LogP contribution in [0.4, 0.5) is 0 Å². The molecule has 0 aliphatic rings. The second-order valence-electron chi connectivity index (χ2n) is 4.54. The van der Waals surface area contributed by atoms with Crippen LogP contribution >= 0.6 is 0 Å². The number of benzene rings is 1. The lowest BCUT2D eigenvalue weighted by molar-refractivity contribution is 0.481. The van der Waals surface area contributed by atoms with Crippen molar-refractivity contribution in [1.82, 2.24) is 0 Å². The molecule has 1 rings (SSSR count). The van der Waals surface area contributed by atoms with Gasteiger partial charge in [0.1, 0.15) is 0 Å². The van der Waals surface area contributed by atoms with Gasteiger partial charge in [-0.15, -0.1) is 0 Å². The molecular weight excluding hydrogens is 184 g/mol. The molecule has 0 aliphatic carbocycles. The quantitative estimate of drug-likeness (QED) is 0.794. The van der Waals surface area contributed by atoms with Crippen LogP contribution in [-0.4, -0.2) is 6.54 Å². The van der Waals surface area contributed by atoms with E-state index in [2.05, 4.69) is 39.0 Å². The summed E-state index contributed by atoms with van der Waals surface area (Å²) in [5, 5.41) is 0. The molecule has 2 atom stereocenters. The molecule has 2 unspecified atom stereocenters. The summed E-state index contributed by atoms with van der Waals surface area (Å²) >= 11 is 0. The summed E-state index contributed by atoms with van der Waals surface area (Å²) in [5.41, 5.74) is 15.6. The van der Waals surface area contributed by atoms with Crippen LogP contribution in [0.25, 0.3) is 0 Å². The molecule has 0 radical (unpaired) electrons. The third-order valence-electron chi connectivity index (χ3n) is 2.88. The van der Waals surface area contributed by atoms with Crippen LogP contribution in [0.2, 0.25) is 0 Å². The predicted molar refractivity (Wildman–Crippen MR) is 65.7 cm³/mol. The van der Waals surface area contributed by atoms with Crippen LogP contribution in [0.3, 0.4) is 0 Å². The normalized spacial score (nSPS) is 15.0. The molecule has 4 N–H and O–H groups in total. The lowest BCUT2D eigenvalue weighted by Crippen LogP contribution is -2.20. The number of hydrogen-bond acceptors (Lipinski definition) is 2. The Morgan fingerprint density at radius 2 is 1.93 bits per heavy atom. The Hall–Kier alpha value is -0.860. The molecule has 0 amide bonds. The molecule has 1 aromatic carbocycles. The van der Waals surface area contributed by atoms with Gasteiger partial charge in [-0.3, -0.25) is 0 Å². The third-order valence-corrected chi connectivity index (χ3v) is 2.88. The summed E-state index contributed by atoms with van der Waals surface area (Å²) in [5.74, 6) is 0.487. The molecule has 0 spiro atoms. The van der Waals surface area contributed by atoms with Crippen molar-refractivity contribution in [3.05, 3.63) is 34.9 Å². The van der Waals surface area contributed by atoms with Gasteiger partial charge in [-0.2, -0.15) is 0 Å². The highest BCUT2D eigenvalue weighted by Gasteiger charge is 2.11. The monoisotopic (exact) mass is 206 g/mol. The fourth-order valence-electron chi connectivity index (χ4n) is 1.90. The Morgan fingerprint density at radius 1 is 1.27 bits per heavy atom. The molecule has 2 heteroatoms. The van der Waals surface area contributed by atoms with Crippen LogP contribution in [-0.2, 0) is 0 Å². The number of aryl methyl sites for hydroxylation is 2. The zero-order valence-electron chi connectivity index (χ0n) is 9.96. The molecule has 84 valence electrons. The molecule has 0 bridgehead atoms. The highest BCUT2D eigenvalue weighted by Crippen LogP contribution is 2.22. The molecule has 15 heavy (non-hydrogen) atoms. The van der Waals surface area contributed by atoms with Gasteiger partial charge in [0.05, 0.1) is 0 Å². The first kappa shape index (κ1) is 12.2. The van der Waals surface area contributed by atoms with Gasteiger partial charge in [0.2, 0.25) is 0 Å². The maximum absolute atomic E-state index is 6.17. The molecule has 0 aromatic heterocycles. The Bertz CT molecular complexity index is 320. The van der Waals surface area contributed by atoms with E-state index in [9.17, 15) is 0 Å². The zero-order valence-corrected chi connectivity index (χ0v) is 9.96. The molecule has 0 saturated carbocycles. The maximum Gasteiger partial charge on any atom is 0.0300 e. The summed E-state index contributed by atoms with van der Waals surface area (Å²) < 4.78 is 0. The Morgan fingerprint density at radius 3 is 2.47 bits per heavy atom. The van der Waals surface area contributed by atoms with E-state index in [1.54, 1.807) is 0 Å². The maximum atomic E-state index is 6.17. The summed E-state index contributed by atoms with van der Waals surface area (Å²) in [6.07, 6.45) is 0.959. The fourth-order valence-corrected chi connectivity index (χ4v) is 1.90. The van der Waals surface area contributed by atoms with Gasteiger partial charge in [-0.05, 0) is 43.9 Å². The zero-order chi connectivity index (χ0) is 11.4. The van der Waals surface area contributed by atoms with Crippen molar-refractivity contribution in [2.45, 2.75) is 33.2 Å². The summed E-state index contributed by atoms with van der Waals surface area (Å²) in [4.78, 5) is 0. The predicted octanol–water partition coefficient (Wildman–Crippen LogP) is 2.29.